The lowest BCUT2D eigenvalue weighted by Crippen LogP contribution is -2.48. The van der Waals surface area contributed by atoms with E-state index in [0.29, 0.717) is 31.1 Å². The highest BCUT2D eigenvalue weighted by molar-refractivity contribution is 7.89. The highest BCUT2D eigenvalue weighted by Crippen LogP contribution is 2.34. The standard InChI is InChI=1S/C17H25NO4S/c1-2-13-5-7-14(8-6-13)23(20,21)18-10-3-4-16(18)15-12-22-11-9-17(15)19/h5-8,15-17,19H,2-4,9-12H2,1H3/t15-,16-,17+/m1/s1. The van der Waals surface area contributed by atoms with Crippen molar-refractivity contribution in [1.82, 2.24) is 4.31 Å². The fourth-order valence-electron chi connectivity index (χ4n) is 3.64. The number of nitrogens with zero attached hydrogens (tertiary/aromatic N) is 1. The summed E-state index contributed by atoms with van der Waals surface area (Å²) < 4.78 is 33.1. The van der Waals surface area contributed by atoms with E-state index in [1.54, 1.807) is 16.4 Å². The highest BCUT2D eigenvalue weighted by Gasteiger charge is 2.42. The summed E-state index contributed by atoms with van der Waals surface area (Å²) in [5, 5.41) is 10.3. The first kappa shape index (κ1) is 16.9. The van der Waals surface area contributed by atoms with Gasteiger partial charge in [-0.1, -0.05) is 19.1 Å². The molecule has 128 valence electrons. The molecule has 23 heavy (non-hydrogen) atoms. The fourth-order valence-corrected chi connectivity index (χ4v) is 5.38. The van der Waals surface area contributed by atoms with Gasteiger partial charge in [0, 0.05) is 25.1 Å². The zero-order chi connectivity index (χ0) is 16.4. The molecule has 2 saturated heterocycles. The van der Waals surface area contributed by atoms with E-state index < -0.39 is 16.1 Å². The van der Waals surface area contributed by atoms with E-state index in [0.717, 1.165) is 24.8 Å². The number of aryl methyl sites for hydroxylation is 1. The maximum atomic E-state index is 13.0. The van der Waals surface area contributed by atoms with E-state index in [4.69, 9.17) is 4.74 Å². The molecule has 0 radical (unpaired) electrons. The van der Waals surface area contributed by atoms with E-state index in [9.17, 15) is 13.5 Å². The zero-order valence-electron chi connectivity index (χ0n) is 13.5. The molecule has 0 bridgehead atoms. The zero-order valence-corrected chi connectivity index (χ0v) is 14.3. The fraction of sp³-hybridized carbons (Fsp3) is 0.647. The molecule has 1 aromatic rings. The molecule has 0 unspecified atom stereocenters. The first-order chi connectivity index (χ1) is 11.0. The molecule has 2 heterocycles. The molecule has 2 aliphatic rings. The molecule has 0 aromatic heterocycles. The molecule has 5 nitrogen and oxygen atoms in total. The Hall–Kier alpha value is -0.950. The van der Waals surface area contributed by atoms with Crippen LogP contribution in [0.25, 0.3) is 0 Å². The minimum atomic E-state index is -3.52. The lowest BCUT2D eigenvalue weighted by atomic mass is 9.90. The van der Waals surface area contributed by atoms with Crippen LogP contribution in [0.1, 0.15) is 31.7 Å². The van der Waals surface area contributed by atoms with Gasteiger partial charge in [0.1, 0.15) is 0 Å². The maximum absolute atomic E-state index is 13.0. The van der Waals surface area contributed by atoms with Crippen molar-refractivity contribution < 1.29 is 18.3 Å². The Bertz CT molecular complexity index is 628. The van der Waals surface area contributed by atoms with Gasteiger partial charge in [-0.2, -0.15) is 4.31 Å². The Morgan fingerprint density at radius 1 is 1.26 bits per heavy atom. The third-order valence-corrected chi connectivity index (χ3v) is 6.98. The molecule has 6 heteroatoms. The van der Waals surface area contributed by atoms with Gasteiger partial charge in [0.25, 0.3) is 0 Å². The normalized spacial score (nSPS) is 29.7. The van der Waals surface area contributed by atoms with Crippen molar-refractivity contribution in [2.75, 3.05) is 19.8 Å². The second-order valence-corrected chi connectivity index (χ2v) is 8.31. The monoisotopic (exact) mass is 339 g/mol. The van der Waals surface area contributed by atoms with Crippen LogP contribution >= 0.6 is 0 Å². The summed E-state index contributed by atoms with van der Waals surface area (Å²) in [6.07, 6.45) is 2.61. The smallest absolute Gasteiger partial charge is 0.243 e. The first-order valence-corrected chi connectivity index (χ1v) is 9.84. The molecule has 2 aliphatic heterocycles. The average Bonchev–Trinajstić information content (AvgIpc) is 3.05. The Labute approximate surface area is 138 Å². The van der Waals surface area contributed by atoms with Gasteiger partial charge >= 0.3 is 0 Å². The summed E-state index contributed by atoms with van der Waals surface area (Å²) in [6, 6.07) is 6.96. The van der Waals surface area contributed by atoms with Crippen molar-refractivity contribution in [2.24, 2.45) is 5.92 Å². The predicted molar refractivity (Wildman–Crippen MR) is 87.7 cm³/mol. The molecule has 0 saturated carbocycles. The quantitative estimate of drug-likeness (QED) is 0.908. The van der Waals surface area contributed by atoms with Crippen LogP contribution in [0.5, 0.6) is 0 Å². The predicted octanol–water partition coefficient (Wildman–Crippen LogP) is 1.80. The van der Waals surface area contributed by atoms with Crippen molar-refractivity contribution in [3.05, 3.63) is 29.8 Å². The molecule has 1 N–H and O–H groups in total. The summed E-state index contributed by atoms with van der Waals surface area (Å²) in [4.78, 5) is 0.341. The van der Waals surface area contributed by atoms with Crippen molar-refractivity contribution in [1.29, 1.82) is 0 Å². The van der Waals surface area contributed by atoms with Crippen LogP contribution in [0.2, 0.25) is 0 Å². The van der Waals surface area contributed by atoms with E-state index >= 15 is 0 Å². The van der Waals surface area contributed by atoms with Crippen LogP contribution < -0.4 is 0 Å². The van der Waals surface area contributed by atoms with Gasteiger partial charge < -0.3 is 9.84 Å². The lowest BCUT2D eigenvalue weighted by molar-refractivity contribution is -0.0543. The van der Waals surface area contributed by atoms with Gasteiger partial charge in [0.15, 0.2) is 0 Å². The van der Waals surface area contributed by atoms with Crippen molar-refractivity contribution >= 4 is 10.0 Å². The number of ether oxygens (including phenoxy) is 1. The van der Waals surface area contributed by atoms with Gasteiger partial charge in [0.2, 0.25) is 10.0 Å². The van der Waals surface area contributed by atoms with Crippen LogP contribution in [0, 0.1) is 5.92 Å². The number of benzene rings is 1. The Balaban J connectivity index is 1.85. The van der Waals surface area contributed by atoms with Crippen LogP contribution in [-0.2, 0) is 21.2 Å². The Morgan fingerprint density at radius 2 is 2.00 bits per heavy atom. The molecule has 0 aliphatic carbocycles. The number of aliphatic hydroxyl groups is 1. The molecule has 3 rings (SSSR count). The molecule has 0 spiro atoms. The maximum Gasteiger partial charge on any atom is 0.243 e. The van der Waals surface area contributed by atoms with Crippen molar-refractivity contribution in [2.45, 2.75) is 49.6 Å². The summed E-state index contributed by atoms with van der Waals surface area (Å²) in [7, 11) is -3.52. The Morgan fingerprint density at radius 3 is 2.65 bits per heavy atom. The number of rotatable bonds is 4. The molecular weight excluding hydrogens is 314 g/mol. The third kappa shape index (κ3) is 3.31. The number of hydrogen-bond acceptors (Lipinski definition) is 4. The van der Waals surface area contributed by atoms with E-state index in [2.05, 4.69) is 0 Å². The summed E-state index contributed by atoms with van der Waals surface area (Å²) in [6.45, 7) is 3.55. The van der Waals surface area contributed by atoms with E-state index in [1.807, 2.05) is 19.1 Å². The van der Waals surface area contributed by atoms with Gasteiger partial charge in [-0.05, 0) is 43.4 Å². The number of sulfonamides is 1. The van der Waals surface area contributed by atoms with Crippen LogP contribution in [0.4, 0.5) is 0 Å². The summed E-state index contributed by atoms with van der Waals surface area (Å²) in [5.41, 5.74) is 1.12. The molecule has 3 atom stereocenters. The second kappa shape index (κ2) is 6.89. The molecule has 0 amide bonds. The van der Waals surface area contributed by atoms with Gasteiger partial charge in [-0.15, -0.1) is 0 Å². The van der Waals surface area contributed by atoms with Gasteiger partial charge in [-0.3, -0.25) is 0 Å². The number of aliphatic hydroxyl groups excluding tert-OH is 1. The summed E-state index contributed by atoms with van der Waals surface area (Å²) >= 11 is 0. The van der Waals surface area contributed by atoms with Crippen molar-refractivity contribution in [3.63, 3.8) is 0 Å². The number of hydrogen-bond donors (Lipinski definition) is 1. The highest BCUT2D eigenvalue weighted by atomic mass is 32.2. The largest absolute Gasteiger partial charge is 0.393 e. The SMILES string of the molecule is CCc1ccc(S(=O)(=O)N2CCC[C@@H]2[C@H]2COCC[C@@H]2O)cc1. The molecule has 1 aromatic carbocycles. The topological polar surface area (TPSA) is 66.8 Å². The van der Waals surface area contributed by atoms with E-state index in [1.165, 1.54) is 0 Å². The van der Waals surface area contributed by atoms with Crippen LogP contribution in [0.15, 0.2) is 29.2 Å². The summed E-state index contributed by atoms with van der Waals surface area (Å²) in [5.74, 6) is -0.129. The Kier molecular flexibility index (Phi) is 5.06. The average molecular weight is 339 g/mol. The van der Waals surface area contributed by atoms with Crippen LogP contribution in [0.3, 0.4) is 0 Å². The molecule has 2 fully saturated rings. The second-order valence-electron chi connectivity index (χ2n) is 6.42. The minimum Gasteiger partial charge on any atom is -0.393 e. The van der Waals surface area contributed by atoms with E-state index in [-0.39, 0.29) is 12.0 Å². The van der Waals surface area contributed by atoms with Gasteiger partial charge in [0.05, 0.1) is 17.6 Å². The minimum absolute atomic E-state index is 0.129. The van der Waals surface area contributed by atoms with Crippen LogP contribution in [-0.4, -0.2) is 49.7 Å². The van der Waals surface area contributed by atoms with Gasteiger partial charge in [-0.25, -0.2) is 8.42 Å². The molecular formula is C17H25NO4S. The van der Waals surface area contributed by atoms with Crippen molar-refractivity contribution in [3.8, 4) is 0 Å². The lowest BCUT2D eigenvalue weighted by Gasteiger charge is -2.36. The third-order valence-electron chi connectivity index (χ3n) is 5.04. The first-order valence-electron chi connectivity index (χ1n) is 8.40.